The van der Waals surface area contributed by atoms with Crippen molar-refractivity contribution in [2.45, 2.75) is 6.04 Å². The number of nitrogens with one attached hydrogen (secondary N) is 2. The van der Waals surface area contributed by atoms with E-state index in [0.29, 0.717) is 6.61 Å². The van der Waals surface area contributed by atoms with E-state index in [9.17, 15) is 0 Å². The normalized spacial score (nSPS) is 19.5. The van der Waals surface area contributed by atoms with Crippen molar-refractivity contribution in [3.63, 3.8) is 0 Å². The molecule has 5 heteroatoms. The monoisotopic (exact) mass is 269 g/mol. The highest BCUT2D eigenvalue weighted by Gasteiger charge is 2.19. The summed E-state index contributed by atoms with van der Waals surface area (Å²) < 4.78 is 11.0. The number of aromatic amines is 1. The third-order valence-electron chi connectivity index (χ3n) is 3.62. The molecule has 0 spiro atoms. The van der Waals surface area contributed by atoms with Gasteiger partial charge in [0, 0.05) is 17.5 Å². The number of para-hydroxylation sites is 1. The Hall–Kier alpha value is -2.11. The van der Waals surface area contributed by atoms with Crippen molar-refractivity contribution in [1.29, 1.82) is 0 Å². The van der Waals surface area contributed by atoms with E-state index in [1.165, 1.54) is 0 Å². The zero-order chi connectivity index (χ0) is 13.4. The van der Waals surface area contributed by atoms with Gasteiger partial charge in [-0.25, -0.2) is 4.98 Å². The number of aromatic nitrogens is 2. The van der Waals surface area contributed by atoms with Gasteiger partial charge >= 0.3 is 0 Å². The van der Waals surface area contributed by atoms with Gasteiger partial charge in [-0.3, -0.25) is 0 Å². The maximum atomic E-state index is 5.57. The summed E-state index contributed by atoms with van der Waals surface area (Å²) in [4.78, 5) is 7.83. The van der Waals surface area contributed by atoms with Crippen LogP contribution < -0.4 is 5.32 Å². The van der Waals surface area contributed by atoms with Crippen LogP contribution >= 0.6 is 0 Å². The fraction of sp³-hybridized carbons (Fsp3) is 0.267. The van der Waals surface area contributed by atoms with Gasteiger partial charge in [-0.15, -0.1) is 0 Å². The first-order valence-electron chi connectivity index (χ1n) is 6.74. The second kappa shape index (κ2) is 4.77. The lowest BCUT2D eigenvalue weighted by Gasteiger charge is -2.21. The fourth-order valence-electron chi connectivity index (χ4n) is 2.58. The Morgan fingerprint density at radius 3 is 3.10 bits per heavy atom. The third-order valence-corrected chi connectivity index (χ3v) is 3.62. The number of morpholine rings is 1. The number of fused-ring (bicyclic) bond motifs is 1. The minimum atomic E-state index is 0.135. The standard InChI is InChI=1S/C15H15N3O2/c1-2-4-14-10(3-1)11(8-20-14)12-7-17-15(18-12)13-9-19-6-5-16-13/h1-4,7-8,13,16H,5-6,9H2,(H,17,18). The van der Waals surface area contributed by atoms with Crippen LogP contribution in [-0.4, -0.2) is 29.7 Å². The number of nitrogens with zero attached hydrogens (tertiary/aromatic N) is 1. The van der Waals surface area contributed by atoms with E-state index in [1.54, 1.807) is 6.26 Å². The molecular formula is C15H15N3O2. The molecule has 0 radical (unpaired) electrons. The molecule has 0 saturated carbocycles. The van der Waals surface area contributed by atoms with Crippen molar-refractivity contribution in [2.75, 3.05) is 19.8 Å². The van der Waals surface area contributed by atoms with E-state index in [2.05, 4.69) is 21.4 Å². The summed E-state index contributed by atoms with van der Waals surface area (Å²) in [6, 6.07) is 8.13. The van der Waals surface area contributed by atoms with Crippen LogP contribution in [0.4, 0.5) is 0 Å². The average Bonchev–Trinajstić information content (AvgIpc) is 3.14. The Bertz CT molecular complexity index is 725. The van der Waals surface area contributed by atoms with E-state index in [-0.39, 0.29) is 6.04 Å². The molecule has 20 heavy (non-hydrogen) atoms. The van der Waals surface area contributed by atoms with E-state index in [0.717, 1.165) is 41.2 Å². The lowest BCUT2D eigenvalue weighted by Crippen LogP contribution is -2.35. The summed E-state index contributed by atoms with van der Waals surface area (Å²) in [7, 11) is 0. The number of benzene rings is 1. The number of H-pyrrole nitrogens is 1. The number of hydrogen-bond donors (Lipinski definition) is 2. The molecule has 0 aliphatic carbocycles. The van der Waals surface area contributed by atoms with Crippen LogP contribution in [0.3, 0.4) is 0 Å². The molecule has 102 valence electrons. The largest absolute Gasteiger partial charge is 0.464 e. The fourth-order valence-corrected chi connectivity index (χ4v) is 2.58. The van der Waals surface area contributed by atoms with E-state index >= 15 is 0 Å². The van der Waals surface area contributed by atoms with Crippen molar-refractivity contribution in [3.8, 4) is 11.3 Å². The van der Waals surface area contributed by atoms with E-state index < -0.39 is 0 Å². The van der Waals surface area contributed by atoms with Gasteiger partial charge in [0.2, 0.25) is 0 Å². The number of furan rings is 1. The molecule has 5 nitrogen and oxygen atoms in total. The molecule has 3 heterocycles. The highest BCUT2D eigenvalue weighted by atomic mass is 16.5. The summed E-state index contributed by atoms with van der Waals surface area (Å²) >= 11 is 0. The minimum absolute atomic E-state index is 0.135. The molecule has 0 bridgehead atoms. The van der Waals surface area contributed by atoms with Gasteiger partial charge in [-0.1, -0.05) is 18.2 Å². The second-order valence-corrected chi connectivity index (χ2v) is 4.91. The van der Waals surface area contributed by atoms with Crippen LogP contribution in [0.25, 0.3) is 22.2 Å². The zero-order valence-corrected chi connectivity index (χ0v) is 10.9. The molecular weight excluding hydrogens is 254 g/mol. The van der Waals surface area contributed by atoms with E-state index in [4.69, 9.17) is 9.15 Å². The number of rotatable bonds is 2. The number of imidazole rings is 1. The predicted molar refractivity (Wildman–Crippen MR) is 75.4 cm³/mol. The summed E-state index contributed by atoms with van der Waals surface area (Å²) in [5.41, 5.74) is 2.89. The van der Waals surface area contributed by atoms with Gasteiger partial charge in [0.25, 0.3) is 0 Å². The van der Waals surface area contributed by atoms with Crippen LogP contribution in [0.5, 0.6) is 0 Å². The molecule has 1 unspecified atom stereocenters. The SMILES string of the molecule is c1ccc2c(-c3cnc(C4COCCN4)[nH]3)coc2c1. The van der Waals surface area contributed by atoms with Crippen molar-refractivity contribution in [3.05, 3.63) is 42.5 Å². The molecule has 1 aromatic carbocycles. The first-order chi connectivity index (χ1) is 9.92. The van der Waals surface area contributed by atoms with Gasteiger partial charge < -0.3 is 19.5 Å². The van der Waals surface area contributed by atoms with Crippen molar-refractivity contribution >= 4 is 11.0 Å². The maximum absolute atomic E-state index is 5.57. The van der Waals surface area contributed by atoms with Gasteiger partial charge in [-0.05, 0) is 6.07 Å². The van der Waals surface area contributed by atoms with Crippen LogP contribution in [0, 0.1) is 0 Å². The number of hydrogen-bond acceptors (Lipinski definition) is 4. The first-order valence-corrected chi connectivity index (χ1v) is 6.74. The van der Waals surface area contributed by atoms with Crippen molar-refractivity contribution < 1.29 is 9.15 Å². The zero-order valence-electron chi connectivity index (χ0n) is 10.9. The molecule has 1 atom stereocenters. The Morgan fingerprint density at radius 2 is 2.20 bits per heavy atom. The molecule has 1 aliphatic rings. The summed E-state index contributed by atoms with van der Waals surface area (Å²) in [5.74, 6) is 0.907. The predicted octanol–water partition coefficient (Wildman–Crippen LogP) is 2.48. The Balaban J connectivity index is 1.70. The Morgan fingerprint density at radius 1 is 1.25 bits per heavy atom. The molecule has 1 fully saturated rings. The van der Waals surface area contributed by atoms with Gasteiger partial charge in [0.05, 0.1) is 31.1 Å². The Kier molecular flexibility index (Phi) is 2.79. The average molecular weight is 269 g/mol. The molecule has 2 N–H and O–H groups in total. The van der Waals surface area contributed by atoms with E-state index in [1.807, 2.05) is 24.4 Å². The molecule has 4 rings (SSSR count). The van der Waals surface area contributed by atoms with Gasteiger partial charge in [0.15, 0.2) is 0 Å². The molecule has 2 aromatic heterocycles. The first kappa shape index (κ1) is 11.7. The van der Waals surface area contributed by atoms with Crippen LogP contribution in [0.15, 0.2) is 41.1 Å². The van der Waals surface area contributed by atoms with Crippen LogP contribution in [0.1, 0.15) is 11.9 Å². The van der Waals surface area contributed by atoms with Gasteiger partial charge in [-0.2, -0.15) is 0 Å². The molecule has 0 amide bonds. The Labute approximate surface area is 116 Å². The quantitative estimate of drug-likeness (QED) is 0.750. The number of ether oxygens (including phenoxy) is 1. The topological polar surface area (TPSA) is 63.1 Å². The molecule has 1 aliphatic heterocycles. The lowest BCUT2D eigenvalue weighted by molar-refractivity contribution is 0.0745. The third kappa shape index (κ3) is 1.92. The summed E-state index contributed by atoms with van der Waals surface area (Å²) in [6.45, 7) is 2.27. The van der Waals surface area contributed by atoms with Crippen molar-refractivity contribution in [1.82, 2.24) is 15.3 Å². The highest BCUT2D eigenvalue weighted by Crippen LogP contribution is 2.29. The molecule has 3 aromatic rings. The van der Waals surface area contributed by atoms with Crippen LogP contribution in [0.2, 0.25) is 0 Å². The highest BCUT2D eigenvalue weighted by molar-refractivity contribution is 5.92. The van der Waals surface area contributed by atoms with Crippen LogP contribution in [-0.2, 0) is 4.74 Å². The molecule has 1 saturated heterocycles. The van der Waals surface area contributed by atoms with Gasteiger partial charge in [0.1, 0.15) is 17.7 Å². The van der Waals surface area contributed by atoms with Crippen molar-refractivity contribution in [2.24, 2.45) is 0 Å². The second-order valence-electron chi connectivity index (χ2n) is 4.91. The summed E-state index contributed by atoms with van der Waals surface area (Å²) in [6.07, 6.45) is 3.62. The smallest absolute Gasteiger partial charge is 0.134 e. The summed E-state index contributed by atoms with van der Waals surface area (Å²) in [5, 5.41) is 4.48. The minimum Gasteiger partial charge on any atom is -0.464 e. The lowest BCUT2D eigenvalue weighted by atomic mass is 10.1. The maximum Gasteiger partial charge on any atom is 0.134 e.